The maximum absolute atomic E-state index is 14.0. The number of ether oxygens (including phenoxy) is 1. The molecule has 0 bridgehead atoms. The lowest BCUT2D eigenvalue weighted by molar-refractivity contribution is 0.0364. The molecule has 2 N–H and O–H groups in total. The number of rotatable bonds is 10. The minimum atomic E-state index is -2.40. The van der Waals surface area contributed by atoms with Gasteiger partial charge in [-0.1, -0.05) is 12.1 Å². The van der Waals surface area contributed by atoms with E-state index in [1.165, 1.54) is 29.7 Å². The van der Waals surface area contributed by atoms with Crippen LogP contribution >= 0.6 is 11.3 Å². The predicted molar refractivity (Wildman–Crippen MR) is 178 cm³/mol. The summed E-state index contributed by atoms with van der Waals surface area (Å²) < 4.78 is 21.2. The lowest BCUT2D eigenvalue weighted by Gasteiger charge is -2.27. The number of aromatic nitrogens is 4. The lowest BCUT2D eigenvalue weighted by Crippen LogP contribution is -2.39. The highest BCUT2D eigenvalue weighted by Gasteiger charge is 2.33. The Morgan fingerprint density at radius 2 is 1.91 bits per heavy atom. The Hall–Kier alpha value is -3.16. The van der Waals surface area contributed by atoms with Crippen molar-refractivity contribution in [1.29, 1.82) is 0 Å². The summed E-state index contributed by atoms with van der Waals surface area (Å²) in [6.07, 6.45) is 8.83. The van der Waals surface area contributed by atoms with Crippen LogP contribution in [-0.2, 0) is 27.2 Å². The molecule has 0 spiro atoms. The van der Waals surface area contributed by atoms with Crippen molar-refractivity contribution in [2.45, 2.75) is 48.1 Å². The first-order valence-corrected chi connectivity index (χ1v) is 18.1. The Labute approximate surface area is 261 Å². The molecule has 7 rings (SSSR count). The topological polar surface area (TPSA) is 114 Å². The van der Waals surface area contributed by atoms with Crippen LogP contribution in [0.25, 0.3) is 21.6 Å². The molecule has 1 aromatic carbocycles. The van der Waals surface area contributed by atoms with Crippen LogP contribution in [0.2, 0.25) is 0 Å². The molecule has 0 radical (unpaired) electrons. The molecule has 3 aromatic heterocycles. The van der Waals surface area contributed by atoms with Crippen molar-refractivity contribution < 1.29 is 8.95 Å². The van der Waals surface area contributed by atoms with Crippen LogP contribution in [0, 0.1) is 5.92 Å². The Morgan fingerprint density at radius 3 is 2.66 bits per heavy atom. The van der Waals surface area contributed by atoms with E-state index in [9.17, 15) is 9.00 Å². The molecule has 10 nitrogen and oxygen atoms in total. The van der Waals surface area contributed by atoms with Gasteiger partial charge in [0.25, 0.3) is 5.56 Å². The summed E-state index contributed by atoms with van der Waals surface area (Å²) in [7, 11) is -2.40. The molecule has 44 heavy (non-hydrogen) atoms. The van der Waals surface area contributed by atoms with E-state index in [0.717, 1.165) is 56.5 Å². The highest BCUT2D eigenvalue weighted by Crippen LogP contribution is 2.37. The molecule has 2 atom stereocenters. The van der Waals surface area contributed by atoms with E-state index in [0.29, 0.717) is 58.6 Å². The zero-order valence-corrected chi connectivity index (χ0v) is 26.5. The number of nitrogens with one attached hydrogen (secondary N) is 2. The first kappa shape index (κ1) is 29.5. The van der Waals surface area contributed by atoms with Crippen molar-refractivity contribution >= 4 is 49.4 Å². The first-order valence-electron chi connectivity index (χ1n) is 15.5. The second-order valence-electron chi connectivity index (χ2n) is 12.1. The minimum Gasteiger partial charge on any atom is -0.379 e. The smallest absolute Gasteiger partial charge is 0.262 e. The Bertz CT molecular complexity index is 1790. The zero-order chi connectivity index (χ0) is 30.1. The molecule has 5 heterocycles. The van der Waals surface area contributed by atoms with Crippen LogP contribution in [-0.4, -0.2) is 85.7 Å². The molecule has 2 unspecified atom stereocenters. The van der Waals surface area contributed by atoms with Gasteiger partial charge in [0.15, 0.2) is 0 Å². The molecule has 2 aliphatic heterocycles. The molecule has 12 heteroatoms. The third-order valence-electron chi connectivity index (χ3n) is 8.82. The fourth-order valence-corrected chi connectivity index (χ4v) is 9.41. The van der Waals surface area contributed by atoms with E-state index in [-0.39, 0.29) is 10.8 Å². The predicted octanol–water partition coefficient (Wildman–Crippen LogP) is 3.77. The summed E-state index contributed by atoms with van der Waals surface area (Å²) in [6.45, 7) is 6.41. The van der Waals surface area contributed by atoms with Crippen molar-refractivity contribution in [2.75, 3.05) is 51.3 Å². The molecule has 3 fully saturated rings. The number of benzene rings is 1. The summed E-state index contributed by atoms with van der Waals surface area (Å²) in [5, 5.41) is 8.25. The normalized spacial score (nSPS) is 20.9. The van der Waals surface area contributed by atoms with E-state index in [1.807, 2.05) is 6.07 Å². The van der Waals surface area contributed by atoms with Gasteiger partial charge in [0.2, 0.25) is 5.95 Å². The van der Waals surface area contributed by atoms with Gasteiger partial charge < -0.3 is 15.4 Å². The van der Waals surface area contributed by atoms with Gasteiger partial charge in [-0.2, -0.15) is 4.98 Å². The summed E-state index contributed by atoms with van der Waals surface area (Å²) in [5.41, 5.74) is 3.10. The fourth-order valence-electron chi connectivity index (χ4n) is 6.09. The van der Waals surface area contributed by atoms with Crippen molar-refractivity contribution in [1.82, 2.24) is 29.7 Å². The number of morpholine rings is 1. The second-order valence-corrected chi connectivity index (χ2v) is 15.9. The van der Waals surface area contributed by atoms with Crippen LogP contribution in [0.3, 0.4) is 0 Å². The minimum absolute atomic E-state index is 0.113. The fraction of sp³-hybridized carbons (Fsp3) is 0.469. The molecule has 1 saturated carbocycles. The summed E-state index contributed by atoms with van der Waals surface area (Å²) >= 11 is 1.31. The zero-order valence-electron chi connectivity index (χ0n) is 24.9. The number of thiazole rings is 1. The van der Waals surface area contributed by atoms with Gasteiger partial charge in [-0.3, -0.25) is 18.5 Å². The SMILES string of the molecule is C=S(=O)(c1cnc(-c2cc3cnc(Nc4ccc(CC5CCCNC5)cc4)nc3n(CCN3CCOCC3)c2=O)s1)C1CC1. The number of nitrogens with zero attached hydrogens (tertiary/aromatic N) is 5. The van der Waals surface area contributed by atoms with Crippen LogP contribution in [0.4, 0.5) is 11.6 Å². The quantitative estimate of drug-likeness (QED) is 0.252. The van der Waals surface area contributed by atoms with Gasteiger partial charge in [-0.15, -0.1) is 11.3 Å². The first-order chi connectivity index (χ1) is 21.4. The highest BCUT2D eigenvalue weighted by molar-refractivity contribution is 8.02. The van der Waals surface area contributed by atoms with Gasteiger partial charge in [0.1, 0.15) is 14.9 Å². The van der Waals surface area contributed by atoms with Gasteiger partial charge >= 0.3 is 0 Å². The van der Waals surface area contributed by atoms with Crippen LogP contribution < -0.4 is 16.2 Å². The van der Waals surface area contributed by atoms with E-state index in [2.05, 4.69) is 55.6 Å². The highest BCUT2D eigenvalue weighted by atomic mass is 32.2. The standard InChI is InChI=1S/C32H39N7O3S2/c1-44(41,26-8-9-26)28-21-34-30(43-28)27-18-24-20-35-32(36-25-6-4-22(5-7-25)17-23-3-2-10-33-19-23)37-29(24)39(31(27)40)12-11-38-13-15-42-16-14-38/h4-7,18,20-21,23,26,33H,1-3,8-17,19H2,(H,35,36,37). The molecular formula is C32H39N7O3S2. The molecule has 1 aliphatic carbocycles. The maximum atomic E-state index is 14.0. The monoisotopic (exact) mass is 633 g/mol. The van der Waals surface area contributed by atoms with Crippen molar-refractivity contribution in [3.8, 4) is 10.6 Å². The van der Waals surface area contributed by atoms with Crippen molar-refractivity contribution in [3.05, 3.63) is 58.6 Å². The molecule has 3 aliphatic rings. The van der Waals surface area contributed by atoms with Crippen LogP contribution in [0.15, 0.2) is 51.7 Å². The van der Waals surface area contributed by atoms with Gasteiger partial charge in [0.05, 0.1) is 25.0 Å². The van der Waals surface area contributed by atoms with Crippen molar-refractivity contribution in [2.24, 2.45) is 5.92 Å². The van der Waals surface area contributed by atoms with E-state index in [4.69, 9.17) is 9.72 Å². The molecule has 4 aromatic rings. The number of hydrogen-bond donors (Lipinski definition) is 2. The molecule has 0 amide bonds. The van der Waals surface area contributed by atoms with Gasteiger partial charge in [0, 0.05) is 58.2 Å². The van der Waals surface area contributed by atoms with E-state index in [1.54, 1.807) is 17.0 Å². The van der Waals surface area contributed by atoms with Crippen LogP contribution in [0.5, 0.6) is 0 Å². The summed E-state index contributed by atoms with van der Waals surface area (Å²) in [6, 6.07) is 10.3. The summed E-state index contributed by atoms with van der Waals surface area (Å²) in [4.78, 5) is 30.3. The number of anilines is 2. The average Bonchev–Trinajstić information content (AvgIpc) is 3.80. The number of fused-ring (bicyclic) bond motifs is 1. The Morgan fingerprint density at radius 1 is 1.09 bits per heavy atom. The van der Waals surface area contributed by atoms with E-state index < -0.39 is 9.52 Å². The summed E-state index contributed by atoms with van der Waals surface area (Å²) in [5.74, 6) is 5.14. The van der Waals surface area contributed by atoms with E-state index >= 15 is 0 Å². The lowest BCUT2D eigenvalue weighted by atomic mass is 9.92. The maximum Gasteiger partial charge on any atom is 0.262 e. The Balaban J connectivity index is 1.18. The number of hydrogen-bond acceptors (Lipinski definition) is 10. The average molecular weight is 634 g/mol. The van der Waals surface area contributed by atoms with Gasteiger partial charge in [-0.25, -0.2) is 9.97 Å². The largest absolute Gasteiger partial charge is 0.379 e. The Kier molecular flexibility index (Phi) is 8.52. The third-order valence-corrected chi connectivity index (χ3v) is 13.1. The van der Waals surface area contributed by atoms with Crippen LogP contribution in [0.1, 0.15) is 31.2 Å². The number of piperidine rings is 1. The second kappa shape index (κ2) is 12.7. The van der Waals surface area contributed by atoms with Crippen molar-refractivity contribution in [3.63, 3.8) is 0 Å². The van der Waals surface area contributed by atoms with Gasteiger partial charge in [-0.05, 0) is 80.7 Å². The molecule has 2 saturated heterocycles. The molecule has 232 valence electrons. The third kappa shape index (κ3) is 6.45. The molecular weight excluding hydrogens is 595 g/mol. The number of pyridine rings is 1.